The van der Waals surface area contributed by atoms with Crippen molar-refractivity contribution in [2.24, 2.45) is 0 Å². The monoisotopic (exact) mass is 496 g/mol. The summed E-state index contributed by atoms with van der Waals surface area (Å²) in [4.78, 5) is 16.6. The minimum atomic E-state index is 0.443. The molecule has 1 N–H and O–H groups in total. The molecule has 7 heteroatoms. The highest BCUT2D eigenvalue weighted by atomic mass is 127. The summed E-state index contributed by atoms with van der Waals surface area (Å²) in [6, 6.07) is 19.3. The second kappa shape index (κ2) is 7.72. The molecule has 0 saturated carbocycles. The first-order chi connectivity index (χ1) is 14.2. The maximum atomic E-state index is 5.07. The van der Waals surface area contributed by atoms with Crippen LogP contribution >= 0.6 is 22.9 Å². The smallest absolute Gasteiger partial charge is 0.167 e. The molecule has 1 aliphatic heterocycles. The number of anilines is 1. The first-order valence-corrected chi connectivity index (χ1v) is 10.8. The van der Waals surface area contributed by atoms with Crippen molar-refractivity contribution in [3.63, 3.8) is 0 Å². The van der Waals surface area contributed by atoms with Gasteiger partial charge in [-0.25, -0.2) is 9.97 Å². The molecule has 1 aliphatic rings. The van der Waals surface area contributed by atoms with Crippen molar-refractivity contribution in [1.82, 2.24) is 23.0 Å². The summed E-state index contributed by atoms with van der Waals surface area (Å²) in [6.07, 6.45) is 4.72. The molecule has 0 radical (unpaired) electrons. The Morgan fingerprint density at radius 1 is 1.00 bits per heavy atom. The third kappa shape index (κ3) is 3.38. The maximum absolute atomic E-state index is 5.07. The zero-order chi connectivity index (χ0) is 19.8. The fraction of sp³-hybridized carbons (Fsp3) is 0.227. The molecule has 0 unspecified atom stereocenters. The lowest BCUT2D eigenvalue weighted by Crippen LogP contribution is -2.29. The first-order valence-electron chi connectivity index (χ1n) is 9.72. The number of hydrogen-bond donors (Lipinski definition) is 1. The van der Waals surface area contributed by atoms with Gasteiger partial charge in [0, 0.05) is 59.5 Å². The fourth-order valence-electron chi connectivity index (χ4n) is 4.06. The van der Waals surface area contributed by atoms with Crippen LogP contribution in [-0.4, -0.2) is 38.1 Å². The molecule has 29 heavy (non-hydrogen) atoms. The number of fused-ring (bicyclic) bond motifs is 1. The van der Waals surface area contributed by atoms with E-state index in [4.69, 9.17) is 9.97 Å². The van der Waals surface area contributed by atoms with Gasteiger partial charge in [0.05, 0.1) is 5.69 Å². The first kappa shape index (κ1) is 18.5. The van der Waals surface area contributed by atoms with Crippen LogP contribution in [-0.2, 0) is 0 Å². The number of hydrogen-bond acceptors (Lipinski definition) is 5. The molecule has 1 aromatic carbocycles. The van der Waals surface area contributed by atoms with E-state index < -0.39 is 0 Å². The van der Waals surface area contributed by atoms with Gasteiger partial charge in [-0.1, -0.05) is 30.3 Å². The number of halogens is 1. The maximum Gasteiger partial charge on any atom is 0.167 e. The SMILES string of the molecule is C[C@H]1C[C@@H](NI)CN1c1ccc2nc(-c3ccccc3)n(-c3ccncc3)c2n1. The van der Waals surface area contributed by atoms with Gasteiger partial charge in [-0.2, -0.15) is 0 Å². The van der Waals surface area contributed by atoms with Crippen molar-refractivity contribution in [3.8, 4) is 17.1 Å². The molecular formula is C22H21IN6. The molecular weight excluding hydrogens is 475 g/mol. The standard InChI is InChI=1S/C22H21IN6/c1-15-13-17(27-23)14-28(15)20-8-7-19-22(26-20)29(18-9-11-24-12-10-18)21(25-19)16-5-3-2-4-6-16/h2-12,15,17,27H,13-14H2,1H3/t15-,17+/m0/s1. The van der Waals surface area contributed by atoms with Crippen LogP contribution in [0.4, 0.5) is 5.82 Å². The third-order valence-electron chi connectivity index (χ3n) is 5.47. The highest BCUT2D eigenvalue weighted by Gasteiger charge is 2.30. The Kier molecular flexibility index (Phi) is 4.92. The van der Waals surface area contributed by atoms with Crippen molar-refractivity contribution < 1.29 is 0 Å². The van der Waals surface area contributed by atoms with E-state index in [2.05, 4.69) is 72.0 Å². The van der Waals surface area contributed by atoms with Gasteiger partial charge >= 0.3 is 0 Å². The summed E-state index contributed by atoms with van der Waals surface area (Å²) in [5, 5.41) is 0. The highest BCUT2D eigenvalue weighted by molar-refractivity contribution is 14.1. The molecule has 4 heterocycles. The molecule has 5 rings (SSSR count). The van der Waals surface area contributed by atoms with Gasteiger partial charge in [0.2, 0.25) is 0 Å². The summed E-state index contributed by atoms with van der Waals surface area (Å²) >= 11 is 2.25. The van der Waals surface area contributed by atoms with E-state index in [1.807, 2.05) is 30.3 Å². The van der Waals surface area contributed by atoms with E-state index in [0.29, 0.717) is 12.1 Å². The van der Waals surface area contributed by atoms with Crippen LogP contribution in [0.1, 0.15) is 13.3 Å². The van der Waals surface area contributed by atoms with Gasteiger partial charge < -0.3 is 4.90 Å². The van der Waals surface area contributed by atoms with Crippen molar-refractivity contribution in [3.05, 3.63) is 67.0 Å². The molecule has 1 fully saturated rings. The summed E-state index contributed by atoms with van der Waals surface area (Å²) in [7, 11) is 0. The van der Waals surface area contributed by atoms with Gasteiger partial charge in [-0.3, -0.25) is 13.1 Å². The van der Waals surface area contributed by atoms with Crippen molar-refractivity contribution in [2.45, 2.75) is 25.4 Å². The van der Waals surface area contributed by atoms with Gasteiger partial charge in [-0.05, 0) is 37.6 Å². The summed E-state index contributed by atoms with van der Waals surface area (Å²) < 4.78 is 5.50. The molecule has 0 bridgehead atoms. The van der Waals surface area contributed by atoms with Crippen LogP contribution < -0.4 is 8.43 Å². The lowest BCUT2D eigenvalue weighted by atomic mass is 10.2. The molecule has 146 valence electrons. The van der Waals surface area contributed by atoms with Crippen LogP contribution in [0.5, 0.6) is 0 Å². The van der Waals surface area contributed by atoms with Crippen molar-refractivity contribution in [2.75, 3.05) is 11.4 Å². The normalized spacial score (nSPS) is 19.2. The van der Waals surface area contributed by atoms with E-state index in [1.165, 1.54) is 0 Å². The van der Waals surface area contributed by atoms with Crippen molar-refractivity contribution in [1.29, 1.82) is 0 Å². The highest BCUT2D eigenvalue weighted by Crippen LogP contribution is 2.31. The Morgan fingerprint density at radius 2 is 1.79 bits per heavy atom. The number of pyridine rings is 2. The Bertz CT molecular complexity index is 1130. The van der Waals surface area contributed by atoms with Crippen LogP contribution in [0, 0.1) is 0 Å². The number of aromatic nitrogens is 4. The second-order valence-electron chi connectivity index (χ2n) is 7.40. The molecule has 4 aromatic rings. The number of benzene rings is 1. The third-order valence-corrected chi connectivity index (χ3v) is 6.35. The minimum absolute atomic E-state index is 0.443. The quantitative estimate of drug-likeness (QED) is 0.336. The van der Waals surface area contributed by atoms with Crippen LogP contribution in [0.25, 0.3) is 28.2 Å². The van der Waals surface area contributed by atoms with Gasteiger partial charge in [-0.15, -0.1) is 0 Å². The number of nitrogens with one attached hydrogen (secondary N) is 1. The van der Waals surface area contributed by atoms with E-state index in [1.54, 1.807) is 12.4 Å². The Hall–Kier alpha value is -2.52. The number of rotatable bonds is 4. The molecule has 0 aliphatic carbocycles. The van der Waals surface area contributed by atoms with Crippen LogP contribution in [0.15, 0.2) is 67.0 Å². The topological polar surface area (TPSA) is 58.9 Å². The predicted molar refractivity (Wildman–Crippen MR) is 124 cm³/mol. The van der Waals surface area contributed by atoms with E-state index in [-0.39, 0.29) is 0 Å². The lowest BCUT2D eigenvalue weighted by Gasteiger charge is -2.22. The van der Waals surface area contributed by atoms with E-state index in [0.717, 1.165) is 47.0 Å². The number of nitrogens with zero attached hydrogens (tertiary/aromatic N) is 5. The van der Waals surface area contributed by atoms with E-state index in [9.17, 15) is 0 Å². The van der Waals surface area contributed by atoms with Crippen LogP contribution in [0.2, 0.25) is 0 Å². The molecule has 0 spiro atoms. The number of imidazole rings is 1. The average molecular weight is 496 g/mol. The Morgan fingerprint density at radius 3 is 2.52 bits per heavy atom. The van der Waals surface area contributed by atoms with Crippen molar-refractivity contribution >= 4 is 39.8 Å². The summed E-state index contributed by atoms with van der Waals surface area (Å²) in [5.41, 5.74) is 3.82. The van der Waals surface area contributed by atoms with Gasteiger partial charge in [0.25, 0.3) is 0 Å². The summed E-state index contributed by atoms with van der Waals surface area (Å²) in [6.45, 7) is 3.22. The minimum Gasteiger partial charge on any atom is -0.352 e. The van der Waals surface area contributed by atoms with Gasteiger partial charge in [0.1, 0.15) is 17.2 Å². The lowest BCUT2D eigenvalue weighted by molar-refractivity contribution is 0.672. The molecule has 0 amide bonds. The van der Waals surface area contributed by atoms with Crippen LogP contribution in [0.3, 0.4) is 0 Å². The molecule has 2 atom stereocenters. The predicted octanol–water partition coefficient (Wildman–Crippen LogP) is 4.39. The second-order valence-corrected chi connectivity index (χ2v) is 8.02. The van der Waals surface area contributed by atoms with E-state index >= 15 is 0 Å². The zero-order valence-corrected chi connectivity index (χ0v) is 18.2. The Labute approximate surface area is 183 Å². The Balaban J connectivity index is 1.69. The fourth-order valence-corrected chi connectivity index (χ4v) is 4.51. The largest absolute Gasteiger partial charge is 0.352 e. The zero-order valence-electron chi connectivity index (χ0n) is 16.0. The molecule has 1 saturated heterocycles. The molecule has 3 aromatic heterocycles. The average Bonchev–Trinajstić information content (AvgIpc) is 3.34. The summed E-state index contributed by atoms with van der Waals surface area (Å²) in [5.74, 6) is 1.88. The van der Waals surface area contributed by atoms with Gasteiger partial charge in [0.15, 0.2) is 5.65 Å². The molecule has 6 nitrogen and oxygen atoms in total.